The van der Waals surface area contributed by atoms with E-state index in [0.717, 1.165) is 12.1 Å². The van der Waals surface area contributed by atoms with E-state index in [2.05, 4.69) is 20.7 Å². The van der Waals surface area contributed by atoms with Gasteiger partial charge >= 0.3 is 0 Å². The maximum absolute atomic E-state index is 13.2. The summed E-state index contributed by atoms with van der Waals surface area (Å²) in [4.78, 5) is -0.0914. The molecule has 19 heavy (non-hydrogen) atoms. The lowest BCUT2D eigenvalue weighted by Crippen LogP contribution is -2.38. The number of hydrogen-bond acceptors (Lipinski definition) is 4. The number of rotatable bonds is 4. The second-order valence-electron chi connectivity index (χ2n) is 4.65. The van der Waals surface area contributed by atoms with Crippen LogP contribution in [-0.4, -0.2) is 26.2 Å². The highest BCUT2D eigenvalue weighted by molar-refractivity contribution is 9.10. The molecule has 2 rings (SSSR count). The third kappa shape index (κ3) is 3.25. The number of aliphatic hydroxyl groups is 1. The number of halogens is 2. The molecule has 0 unspecified atom stereocenters. The van der Waals surface area contributed by atoms with Gasteiger partial charge in [-0.05, 0) is 46.8 Å². The number of anilines is 1. The Labute approximate surface area is 119 Å². The standard InChI is InChI=1S/C11H14BrFN2O3S/c12-8-3-9(13)10(14)4-11(8)19(17,18)15-5-6-1-7(16)2-6/h3-4,6-7,15-16H,1-2,5,14H2. The van der Waals surface area contributed by atoms with Crippen LogP contribution in [0, 0.1) is 11.7 Å². The van der Waals surface area contributed by atoms with E-state index < -0.39 is 15.8 Å². The van der Waals surface area contributed by atoms with Crippen LogP contribution in [0.4, 0.5) is 10.1 Å². The number of hydrogen-bond donors (Lipinski definition) is 3. The summed E-state index contributed by atoms with van der Waals surface area (Å²) in [5.74, 6) is -0.533. The fraction of sp³-hybridized carbons (Fsp3) is 0.455. The zero-order valence-electron chi connectivity index (χ0n) is 9.94. The summed E-state index contributed by atoms with van der Waals surface area (Å²) in [6.45, 7) is 0.253. The Balaban J connectivity index is 2.13. The molecule has 8 heteroatoms. The van der Waals surface area contributed by atoms with Gasteiger partial charge in [-0.3, -0.25) is 0 Å². The molecule has 0 aliphatic heterocycles. The molecule has 1 aliphatic rings. The average Bonchev–Trinajstić information content (AvgIpc) is 2.27. The SMILES string of the molecule is Nc1cc(S(=O)(=O)NCC2CC(O)C2)c(Br)cc1F. The molecule has 1 fully saturated rings. The summed E-state index contributed by atoms with van der Waals surface area (Å²) in [6.07, 6.45) is 0.854. The molecule has 1 aromatic carbocycles. The molecule has 0 radical (unpaired) electrons. The Morgan fingerprint density at radius 1 is 1.47 bits per heavy atom. The van der Waals surface area contributed by atoms with E-state index in [1.165, 1.54) is 0 Å². The maximum Gasteiger partial charge on any atom is 0.241 e. The van der Waals surface area contributed by atoms with Crippen molar-refractivity contribution in [1.82, 2.24) is 4.72 Å². The molecule has 0 aromatic heterocycles. The molecule has 4 N–H and O–H groups in total. The van der Waals surface area contributed by atoms with Gasteiger partial charge in [0.05, 0.1) is 16.7 Å². The first-order valence-corrected chi connectivity index (χ1v) is 7.99. The van der Waals surface area contributed by atoms with Crippen molar-refractivity contribution >= 4 is 31.6 Å². The van der Waals surface area contributed by atoms with Gasteiger partial charge in [0.1, 0.15) is 5.82 Å². The van der Waals surface area contributed by atoms with Gasteiger partial charge in [-0.25, -0.2) is 17.5 Å². The lowest BCUT2D eigenvalue weighted by Gasteiger charge is -2.31. The largest absolute Gasteiger partial charge is 0.396 e. The molecule has 0 amide bonds. The smallest absolute Gasteiger partial charge is 0.241 e. The van der Waals surface area contributed by atoms with Crippen molar-refractivity contribution in [1.29, 1.82) is 0 Å². The second kappa shape index (κ2) is 5.35. The number of nitrogen functional groups attached to an aromatic ring is 1. The molecule has 1 aromatic rings. The van der Waals surface area contributed by atoms with Crippen LogP contribution in [-0.2, 0) is 10.0 Å². The first-order valence-electron chi connectivity index (χ1n) is 5.72. The molecule has 0 bridgehead atoms. The Morgan fingerprint density at radius 3 is 2.68 bits per heavy atom. The summed E-state index contributed by atoms with van der Waals surface area (Å²) in [6, 6.07) is 2.11. The minimum absolute atomic E-state index is 0.0914. The summed E-state index contributed by atoms with van der Waals surface area (Å²) in [7, 11) is -3.74. The molecule has 5 nitrogen and oxygen atoms in total. The molecular weight excluding hydrogens is 339 g/mol. The summed E-state index contributed by atoms with van der Waals surface area (Å²) in [5.41, 5.74) is 5.16. The van der Waals surface area contributed by atoms with Gasteiger partial charge in [-0.15, -0.1) is 0 Å². The van der Waals surface area contributed by atoms with Crippen LogP contribution in [0.2, 0.25) is 0 Å². The van der Waals surface area contributed by atoms with Gasteiger partial charge in [-0.2, -0.15) is 0 Å². The lowest BCUT2D eigenvalue weighted by molar-refractivity contribution is 0.0453. The van der Waals surface area contributed by atoms with Gasteiger partial charge < -0.3 is 10.8 Å². The number of nitrogens with one attached hydrogen (secondary N) is 1. The number of aliphatic hydroxyl groups excluding tert-OH is 1. The quantitative estimate of drug-likeness (QED) is 0.710. The molecule has 0 atom stereocenters. The first kappa shape index (κ1) is 14.7. The Bertz CT molecular complexity index is 588. The summed E-state index contributed by atoms with van der Waals surface area (Å²) < 4.78 is 39.9. The van der Waals surface area contributed by atoms with Crippen molar-refractivity contribution in [3.05, 3.63) is 22.4 Å². The molecule has 0 spiro atoms. The van der Waals surface area contributed by atoms with Gasteiger partial charge in [-0.1, -0.05) is 0 Å². The summed E-state index contributed by atoms with van der Waals surface area (Å²) >= 11 is 3.01. The normalized spacial score (nSPS) is 23.1. The van der Waals surface area contributed by atoms with Gasteiger partial charge in [0.2, 0.25) is 10.0 Å². The lowest BCUT2D eigenvalue weighted by atomic mass is 9.83. The highest BCUT2D eigenvalue weighted by Gasteiger charge is 2.29. The molecular formula is C11H14BrFN2O3S. The van der Waals surface area contributed by atoms with Crippen LogP contribution >= 0.6 is 15.9 Å². The van der Waals surface area contributed by atoms with Crippen molar-refractivity contribution < 1.29 is 17.9 Å². The van der Waals surface area contributed by atoms with Crippen LogP contribution in [0.5, 0.6) is 0 Å². The van der Waals surface area contributed by atoms with Crippen LogP contribution in [0.15, 0.2) is 21.5 Å². The van der Waals surface area contributed by atoms with E-state index in [0.29, 0.717) is 12.8 Å². The van der Waals surface area contributed by atoms with E-state index >= 15 is 0 Å². The van der Waals surface area contributed by atoms with Crippen molar-refractivity contribution in [2.75, 3.05) is 12.3 Å². The third-order valence-corrected chi connectivity index (χ3v) is 5.50. The van der Waals surface area contributed by atoms with Crippen molar-refractivity contribution in [2.45, 2.75) is 23.8 Å². The summed E-state index contributed by atoms with van der Waals surface area (Å²) in [5, 5.41) is 9.13. The van der Waals surface area contributed by atoms with Crippen molar-refractivity contribution in [3.63, 3.8) is 0 Å². The maximum atomic E-state index is 13.2. The minimum Gasteiger partial charge on any atom is -0.396 e. The fourth-order valence-corrected chi connectivity index (χ4v) is 4.09. The second-order valence-corrected chi connectivity index (χ2v) is 7.24. The van der Waals surface area contributed by atoms with Gasteiger partial charge in [0.25, 0.3) is 0 Å². The molecule has 106 valence electrons. The van der Waals surface area contributed by atoms with E-state index in [9.17, 15) is 12.8 Å². The zero-order valence-corrected chi connectivity index (χ0v) is 12.3. The van der Waals surface area contributed by atoms with Crippen molar-refractivity contribution in [3.8, 4) is 0 Å². The van der Waals surface area contributed by atoms with Gasteiger partial charge in [0.15, 0.2) is 0 Å². The number of benzene rings is 1. The number of nitrogens with two attached hydrogens (primary N) is 1. The topological polar surface area (TPSA) is 92.4 Å². The third-order valence-electron chi connectivity index (χ3n) is 3.11. The fourth-order valence-electron chi connectivity index (χ4n) is 1.92. The van der Waals surface area contributed by atoms with E-state index in [1.54, 1.807) is 0 Å². The highest BCUT2D eigenvalue weighted by atomic mass is 79.9. The van der Waals surface area contributed by atoms with E-state index in [4.69, 9.17) is 10.8 Å². The number of sulfonamides is 1. The van der Waals surface area contributed by atoms with E-state index in [1.807, 2.05) is 0 Å². The van der Waals surface area contributed by atoms with E-state index in [-0.39, 0.29) is 33.6 Å². The molecule has 0 saturated heterocycles. The highest BCUT2D eigenvalue weighted by Crippen LogP contribution is 2.29. The minimum atomic E-state index is -3.74. The van der Waals surface area contributed by atoms with Crippen LogP contribution in [0.25, 0.3) is 0 Å². The zero-order chi connectivity index (χ0) is 14.2. The average molecular weight is 353 g/mol. The Morgan fingerprint density at radius 2 is 2.11 bits per heavy atom. The first-order chi connectivity index (χ1) is 8.79. The Hall–Kier alpha value is -0.700. The predicted molar refractivity (Wildman–Crippen MR) is 72.4 cm³/mol. The molecule has 1 aliphatic carbocycles. The van der Waals surface area contributed by atoms with Crippen LogP contribution in [0.3, 0.4) is 0 Å². The molecule has 0 heterocycles. The van der Waals surface area contributed by atoms with Crippen molar-refractivity contribution in [2.24, 2.45) is 5.92 Å². The monoisotopic (exact) mass is 352 g/mol. The molecule has 1 saturated carbocycles. The van der Waals surface area contributed by atoms with Gasteiger partial charge in [0, 0.05) is 11.0 Å². The Kier molecular flexibility index (Phi) is 4.14. The van der Waals surface area contributed by atoms with Crippen LogP contribution in [0.1, 0.15) is 12.8 Å². The van der Waals surface area contributed by atoms with Crippen LogP contribution < -0.4 is 10.5 Å². The predicted octanol–water partition coefficient (Wildman–Crippen LogP) is 1.22.